The molecule has 0 aliphatic carbocycles. The number of aryl methyl sites for hydroxylation is 1. The molecule has 0 aliphatic rings. The molecule has 2 rings (SSSR count). The molecule has 0 aliphatic heterocycles. The average molecular weight is 309 g/mol. The number of nitrogens with one attached hydrogen (secondary N) is 1. The highest BCUT2D eigenvalue weighted by Gasteiger charge is 2.11. The lowest BCUT2D eigenvalue weighted by atomic mass is 10.3. The Morgan fingerprint density at radius 1 is 1.25 bits per heavy atom. The van der Waals surface area contributed by atoms with Gasteiger partial charge >= 0.3 is 0 Å². The molecule has 6 heteroatoms. The van der Waals surface area contributed by atoms with Crippen LogP contribution in [-0.4, -0.2) is 21.5 Å². The van der Waals surface area contributed by atoms with E-state index in [9.17, 15) is 0 Å². The van der Waals surface area contributed by atoms with E-state index in [0.29, 0.717) is 5.02 Å². The molecule has 0 atom stereocenters. The standard InChI is InChI=1S/C14H17ClN4S/c1-4-7-16-13-9(2)14(19-10(3)18-13)20-12-6-5-11(15)8-17-12/h5-6,8H,4,7H2,1-3H3,(H,16,18,19). The van der Waals surface area contributed by atoms with Crippen LogP contribution in [0.2, 0.25) is 5.02 Å². The van der Waals surface area contributed by atoms with Crippen LogP contribution in [0.15, 0.2) is 28.4 Å². The average Bonchev–Trinajstić information content (AvgIpc) is 2.43. The number of pyridine rings is 1. The predicted molar refractivity (Wildman–Crippen MR) is 83.7 cm³/mol. The Labute approximate surface area is 128 Å². The lowest BCUT2D eigenvalue weighted by molar-refractivity contribution is 0.907. The third-order valence-corrected chi connectivity index (χ3v) is 3.92. The van der Waals surface area contributed by atoms with Crippen LogP contribution in [0, 0.1) is 13.8 Å². The number of hydrogen-bond donors (Lipinski definition) is 1. The zero-order valence-corrected chi connectivity index (χ0v) is 13.3. The molecule has 106 valence electrons. The van der Waals surface area contributed by atoms with Gasteiger partial charge in [-0.1, -0.05) is 18.5 Å². The number of hydrogen-bond acceptors (Lipinski definition) is 5. The first-order chi connectivity index (χ1) is 9.60. The van der Waals surface area contributed by atoms with E-state index in [1.54, 1.807) is 6.20 Å². The van der Waals surface area contributed by atoms with Crippen molar-refractivity contribution >= 4 is 29.2 Å². The summed E-state index contributed by atoms with van der Waals surface area (Å²) >= 11 is 7.37. The van der Waals surface area contributed by atoms with Gasteiger partial charge in [-0.2, -0.15) is 0 Å². The van der Waals surface area contributed by atoms with E-state index in [1.807, 2.05) is 26.0 Å². The minimum Gasteiger partial charge on any atom is -0.370 e. The monoisotopic (exact) mass is 308 g/mol. The minimum atomic E-state index is 0.634. The molecule has 2 heterocycles. The van der Waals surface area contributed by atoms with Crippen molar-refractivity contribution in [1.82, 2.24) is 15.0 Å². The van der Waals surface area contributed by atoms with E-state index in [1.165, 1.54) is 11.8 Å². The second-order valence-electron chi connectivity index (χ2n) is 4.39. The summed E-state index contributed by atoms with van der Waals surface area (Å²) in [4.78, 5) is 13.2. The number of aromatic nitrogens is 3. The first kappa shape index (κ1) is 15.1. The van der Waals surface area contributed by atoms with Crippen LogP contribution in [0.4, 0.5) is 5.82 Å². The molecule has 20 heavy (non-hydrogen) atoms. The summed E-state index contributed by atoms with van der Waals surface area (Å²) in [6, 6.07) is 3.72. The highest BCUT2D eigenvalue weighted by atomic mass is 35.5. The van der Waals surface area contributed by atoms with E-state index in [0.717, 1.165) is 40.2 Å². The van der Waals surface area contributed by atoms with Crippen LogP contribution in [0.5, 0.6) is 0 Å². The van der Waals surface area contributed by atoms with Crippen molar-refractivity contribution in [3.8, 4) is 0 Å². The van der Waals surface area contributed by atoms with Crippen LogP contribution < -0.4 is 5.32 Å². The van der Waals surface area contributed by atoms with Crippen molar-refractivity contribution in [2.75, 3.05) is 11.9 Å². The summed E-state index contributed by atoms with van der Waals surface area (Å²) in [5, 5.41) is 5.76. The number of nitrogens with zero attached hydrogens (tertiary/aromatic N) is 3. The maximum atomic E-state index is 5.85. The molecule has 0 bridgehead atoms. The zero-order chi connectivity index (χ0) is 14.5. The van der Waals surface area contributed by atoms with Gasteiger partial charge < -0.3 is 5.32 Å². The summed E-state index contributed by atoms with van der Waals surface area (Å²) < 4.78 is 0. The maximum Gasteiger partial charge on any atom is 0.133 e. The van der Waals surface area contributed by atoms with Gasteiger partial charge in [-0.15, -0.1) is 0 Å². The molecule has 1 N–H and O–H groups in total. The molecule has 0 aromatic carbocycles. The van der Waals surface area contributed by atoms with Crippen molar-refractivity contribution in [2.24, 2.45) is 0 Å². The van der Waals surface area contributed by atoms with Crippen LogP contribution >= 0.6 is 23.4 Å². The first-order valence-electron chi connectivity index (χ1n) is 6.48. The van der Waals surface area contributed by atoms with Crippen molar-refractivity contribution in [3.63, 3.8) is 0 Å². The summed E-state index contributed by atoms with van der Waals surface area (Å²) in [5.74, 6) is 1.65. The van der Waals surface area contributed by atoms with Gasteiger partial charge in [0.1, 0.15) is 21.7 Å². The van der Waals surface area contributed by atoms with Gasteiger partial charge in [-0.25, -0.2) is 15.0 Å². The molecule has 0 saturated carbocycles. The van der Waals surface area contributed by atoms with Crippen LogP contribution in [0.3, 0.4) is 0 Å². The fourth-order valence-corrected chi connectivity index (χ4v) is 2.62. The lowest BCUT2D eigenvalue weighted by Crippen LogP contribution is -2.07. The predicted octanol–water partition coefficient (Wildman–Crippen LogP) is 4.11. The van der Waals surface area contributed by atoms with Gasteiger partial charge in [0.2, 0.25) is 0 Å². The van der Waals surface area contributed by atoms with E-state index in [2.05, 4.69) is 27.2 Å². The van der Waals surface area contributed by atoms with E-state index in [-0.39, 0.29) is 0 Å². The molecular weight excluding hydrogens is 292 g/mol. The summed E-state index contributed by atoms with van der Waals surface area (Å²) in [7, 11) is 0. The number of halogens is 1. The Balaban J connectivity index is 2.26. The van der Waals surface area contributed by atoms with Crippen molar-refractivity contribution in [2.45, 2.75) is 37.2 Å². The van der Waals surface area contributed by atoms with Gasteiger partial charge in [0.25, 0.3) is 0 Å². The first-order valence-corrected chi connectivity index (χ1v) is 7.68. The summed E-state index contributed by atoms with van der Waals surface area (Å²) in [5.41, 5.74) is 1.05. The molecule has 4 nitrogen and oxygen atoms in total. The Morgan fingerprint density at radius 2 is 2.05 bits per heavy atom. The number of rotatable bonds is 5. The highest BCUT2D eigenvalue weighted by Crippen LogP contribution is 2.30. The smallest absolute Gasteiger partial charge is 0.133 e. The fourth-order valence-electron chi connectivity index (χ4n) is 1.64. The Morgan fingerprint density at radius 3 is 2.70 bits per heavy atom. The van der Waals surface area contributed by atoms with Crippen molar-refractivity contribution in [1.29, 1.82) is 0 Å². The normalized spacial score (nSPS) is 10.6. The Kier molecular flexibility index (Phi) is 5.20. The van der Waals surface area contributed by atoms with Crippen LogP contribution in [-0.2, 0) is 0 Å². The van der Waals surface area contributed by atoms with Crippen molar-refractivity contribution in [3.05, 3.63) is 34.7 Å². The highest BCUT2D eigenvalue weighted by molar-refractivity contribution is 7.99. The third kappa shape index (κ3) is 3.84. The molecule has 0 fully saturated rings. The van der Waals surface area contributed by atoms with Gasteiger partial charge in [0.15, 0.2) is 0 Å². The second-order valence-corrected chi connectivity index (χ2v) is 5.84. The zero-order valence-electron chi connectivity index (χ0n) is 11.8. The maximum absolute atomic E-state index is 5.85. The van der Waals surface area contributed by atoms with Gasteiger partial charge in [0.05, 0.1) is 5.02 Å². The Bertz CT molecular complexity index is 586. The summed E-state index contributed by atoms with van der Waals surface area (Å²) in [6.07, 6.45) is 2.70. The molecule has 0 saturated heterocycles. The van der Waals surface area contributed by atoms with E-state index in [4.69, 9.17) is 11.6 Å². The second kappa shape index (κ2) is 6.90. The Hall–Kier alpha value is -1.33. The largest absolute Gasteiger partial charge is 0.370 e. The van der Waals surface area contributed by atoms with Crippen molar-refractivity contribution < 1.29 is 0 Å². The van der Waals surface area contributed by atoms with Gasteiger partial charge in [-0.3, -0.25) is 0 Å². The third-order valence-electron chi connectivity index (χ3n) is 2.66. The van der Waals surface area contributed by atoms with E-state index >= 15 is 0 Å². The van der Waals surface area contributed by atoms with Gasteiger partial charge in [-0.05, 0) is 44.2 Å². The minimum absolute atomic E-state index is 0.634. The molecular formula is C14H17ClN4S. The number of anilines is 1. The molecule has 2 aromatic heterocycles. The van der Waals surface area contributed by atoms with Crippen LogP contribution in [0.25, 0.3) is 0 Å². The molecule has 0 radical (unpaired) electrons. The summed E-state index contributed by atoms with van der Waals surface area (Å²) in [6.45, 7) is 6.95. The van der Waals surface area contributed by atoms with Gasteiger partial charge in [0, 0.05) is 18.3 Å². The molecule has 0 amide bonds. The van der Waals surface area contributed by atoms with E-state index < -0.39 is 0 Å². The van der Waals surface area contributed by atoms with Crippen LogP contribution in [0.1, 0.15) is 24.7 Å². The molecule has 0 unspecified atom stereocenters. The SMILES string of the molecule is CCCNc1nc(C)nc(Sc2ccc(Cl)cn2)c1C. The topological polar surface area (TPSA) is 50.7 Å². The molecule has 0 spiro atoms. The quantitative estimate of drug-likeness (QED) is 0.842. The lowest BCUT2D eigenvalue weighted by Gasteiger charge is -2.11. The molecule has 2 aromatic rings. The fraction of sp³-hybridized carbons (Fsp3) is 0.357.